The lowest BCUT2D eigenvalue weighted by Crippen LogP contribution is -2.27. The third-order valence-electron chi connectivity index (χ3n) is 5.13. The van der Waals surface area contributed by atoms with E-state index >= 15 is 0 Å². The first-order valence-electron chi connectivity index (χ1n) is 10.2. The summed E-state index contributed by atoms with van der Waals surface area (Å²) in [4.78, 5) is 25.2. The van der Waals surface area contributed by atoms with Crippen LogP contribution in [0.1, 0.15) is 48.3 Å². The molecule has 172 valence electrons. The first-order chi connectivity index (χ1) is 15.9. The van der Waals surface area contributed by atoms with E-state index in [9.17, 15) is 18.1 Å². The van der Waals surface area contributed by atoms with Crippen molar-refractivity contribution >= 4 is 29.2 Å². The minimum Gasteiger partial charge on any atom is -0.395 e. The van der Waals surface area contributed by atoms with Gasteiger partial charge in [0, 0.05) is 11.6 Å². The van der Waals surface area contributed by atoms with Gasteiger partial charge in [-0.05, 0) is 25.0 Å². The van der Waals surface area contributed by atoms with E-state index in [-0.39, 0.29) is 28.0 Å². The number of pyridine rings is 1. The standard InChI is InChI=1S/C21H20F3N7OS/c22-14-6-7-17(23)30-19(14)18(25)15(9-26-13-4-2-1-3-5-13)28-20(32)16-11-33-21(29-16)12-8-27-31(24)10-12/h6-11,13H,1-5,25H2,(H,28,32)/b18-15+,26-9?. The van der Waals surface area contributed by atoms with Crippen LogP contribution in [0, 0.1) is 11.8 Å². The van der Waals surface area contributed by atoms with Crippen molar-refractivity contribution in [2.75, 3.05) is 0 Å². The number of aliphatic imine (C=N–C) groups is 1. The molecule has 3 N–H and O–H groups in total. The number of carbonyl (C=O) groups is 1. The molecule has 1 aliphatic carbocycles. The molecule has 0 aromatic carbocycles. The van der Waals surface area contributed by atoms with Crippen LogP contribution in [0.25, 0.3) is 16.3 Å². The van der Waals surface area contributed by atoms with E-state index in [1.54, 1.807) is 0 Å². The lowest BCUT2D eigenvalue weighted by molar-refractivity contribution is 0.0964. The Balaban J connectivity index is 1.63. The summed E-state index contributed by atoms with van der Waals surface area (Å²) in [5.41, 5.74) is 5.80. The first kappa shape index (κ1) is 22.6. The Labute approximate surface area is 191 Å². The van der Waals surface area contributed by atoms with Gasteiger partial charge in [-0.25, -0.2) is 14.4 Å². The molecule has 0 spiro atoms. The van der Waals surface area contributed by atoms with Crippen LogP contribution in [0.3, 0.4) is 0 Å². The van der Waals surface area contributed by atoms with Gasteiger partial charge in [-0.1, -0.05) is 23.7 Å². The van der Waals surface area contributed by atoms with Gasteiger partial charge in [0.05, 0.1) is 35.4 Å². The van der Waals surface area contributed by atoms with Crippen molar-refractivity contribution in [3.8, 4) is 10.6 Å². The molecule has 1 fully saturated rings. The van der Waals surface area contributed by atoms with Crippen molar-refractivity contribution in [1.29, 1.82) is 0 Å². The Bertz CT molecular complexity index is 1210. The van der Waals surface area contributed by atoms with Crippen LogP contribution in [0.5, 0.6) is 0 Å². The SMILES string of the molecule is N/C(=C(\C=NC1CCCCC1)NC(=O)c1csc(-c2cnn(F)c2)n1)c1nc(F)ccc1F. The lowest BCUT2D eigenvalue weighted by atomic mass is 9.96. The number of amides is 1. The van der Waals surface area contributed by atoms with Crippen LogP contribution < -0.4 is 11.1 Å². The van der Waals surface area contributed by atoms with Crippen LogP contribution in [0.2, 0.25) is 0 Å². The molecule has 1 saturated carbocycles. The van der Waals surface area contributed by atoms with E-state index in [2.05, 4.69) is 25.4 Å². The molecule has 0 radical (unpaired) electrons. The largest absolute Gasteiger partial charge is 0.395 e. The van der Waals surface area contributed by atoms with Crippen molar-refractivity contribution in [1.82, 2.24) is 25.3 Å². The number of nitrogens with zero attached hydrogens (tertiary/aromatic N) is 5. The fraction of sp³-hybridized carbons (Fsp3) is 0.286. The predicted octanol–water partition coefficient (Wildman–Crippen LogP) is 3.87. The van der Waals surface area contributed by atoms with E-state index in [0.717, 1.165) is 61.8 Å². The Morgan fingerprint density at radius 1 is 1.24 bits per heavy atom. The van der Waals surface area contributed by atoms with E-state index in [1.807, 2.05) is 0 Å². The zero-order chi connectivity index (χ0) is 23.4. The Morgan fingerprint density at radius 2 is 2.03 bits per heavy atom. The normalized spacial score (nSPS) is 15.6. The number of halogens is 3. The fourth-order valence-electron chi connectivity index (χ4n) is 3.42. The molecular formula is C21H20F3N7OS. The van der Waals surface area contributed by atoms with Crippen LogP contribution in [-0.4, -0.2) is 38.1 Å². The van der Waals surface area contributed by atoms with Crippen molar-refractivity contribution in [2.45, 2.75) is 38.1 Å². The van der Waals surface area contributed by atoms with Gasteiger partial charge < -0.3 is 11.1 Å². The molecule has 3 aromatic heterocycles. The molecule has 3 aromatic rings. The van der Waals surface area contributed by atoms with Crippen LogP contribution >= 0.6 is 11.3 Å². The summed E-state index contributed by atoms with van der Waals surface area (Å²) in [5.74, 6) is -2.40. The van der Waals surface area contributed by atoms with Crippen molar-refractivity contribution in [3.63, 3.8) is 0 Å². The zero-order valence-corrected chi connectivity index (χ0v) is 18.2. The predicted molar refractivity (Wildman–Crippen MR) is 118 cm³/mol. The minimum absolute atomic E-state index is 0.0197. The molecule has 4 rings (SSSR count). The second-order valence-electron chi connectivity index (χ2n) is 7.47. The molecule has 33 heavy (non-hydrogen) atoms. The average Bonchev–Trinajstić information content (AvgIpc) is 3.47. The maximum absolute atomic E-state index is 14.3. The van der Waals surface area contributed by atoms with Gasteiger partial charge in [-0.2, -0.15) is 9.49 Å². The molecule has 1 amide bonds. The Hall–Kier alpha value is -3.54. The maximum Gasteiger partial charge on any atom is 0.275 e. The van der Waals surface area contributed by atoms with Gasteiger partial charge in [-0.15, -0.1) is 16.2 Å². The van der Waals surface area contributed by atoms with Crippen LogP contribution in [0.15, 0.2) is 40.6 Å². The number of carbonyl (C=O) groups excluding carboxylic acids is 1. The third-order valence-corrected chi connectivity index (χ3v) is 6.02. The highest BCUT2D eigenvalue weighted by atomic mass is 32.1. The molecule has 1 aliphatic rings. The molecule has 3 heterocycles. The number of nitrogens with two attached hydrogens (primary N) is 1. The van der Waals surface area contributed by atoms with Gasteiger partial charge in [0.1, 0.15) is 16.4 Å². The number of hydrogen-bond donors (Lipinski definition) is 2. The number of aromatic nitrogens is 4. The molecule has 0 bridgehead atoms. The van der Waals surface area contributed by atoms with Crippen LogP contribution in [0.4, 0.5) is 13.3 Å². The van der Waals surface area contributed by atoms with E-state index < -0.39 is 23.4 Å². The number of allylic oxidation sites excluding steroid dienone is 1. The van der Waals surface area contributed by atoms with Gasteiger partial charge >= 0.3 is 0 Å². The summed E-state index contributed by atoms with van der Waals surface area (Å²) in [6.07, 6.45) is 8.76. The maximum atomic E-state index is 14.3. The smallest absolute Gasteiger partial charge is 0.275 e. The van der Waals surface area contributed by atoms with Gasteiger partial charge in [-0.3, -0.25) is 9.79 Å². The highest BCUT2D eigenvalue weighted by Crippen LogP contribution is 2.24. The quantitative estimate of drug-likeness (QED) is 0.415. The number of thiazole rings is 1. The average molecular weight is 476 g/mol. The van der Waals surface area contributed by atoms with E-state index in [4.69, 9.17) is 5.73 Å². The van der Waals surface area contributed by atoms with E-state index in [0.29, 0.717) is 10.6 Å². The topological polar surface area (TPSA) is 111 Å². The molecule has 0 unspecified atom stereocenters. The molecular weight excluding hydrogens is 455 g/mol. The summed E-state index contributed by atoms with van der Waals surface area (Å²) in [5, 5.41) is 7.88. The molecule has 0 atom stereocenters. The van der Waals surface area contributed by atoms with Gasteiger partial charge in [0.15, 0.2) is 5.82 Å². The minimum atomic E-state index is -0.915. The van der Waals surface area contributed by atoms with Crippen molar-refractivity contribution in [2.24, 2.45) is 10.7 Å². The number of rotatable bonds is 6. The second kappa shape index (κ2) is 9.94. The summed E-state index contributed by atoms with van der Waals surface area (Å²) in [6.45, 7) is 0. The summed E-state index contributed by atoms with van der Waals surface area (Å²) in [6, 6.07) is 1.82. The Kier molecular flexibility index (Phi) is 6.82. The van der Waals surface area contributed by atoms with Crippen LogP contribution in [-0.2, 0) is 0 Å². The molecule has 0 aliphatic heterocycles. The highest BCUT2D eigenvalue weighted by Gasteiger charge is 2.19. The summed E-state index contributed by atoms with van der Waals surface area (Å²) >= 11 is 1.12. The van der Waals surface area contributed by atoms with Crippen molar-refractivity contribution in [3.05, 3.63) is 58.8 Å². The van der Waals surface area contributed by atoms with Gasteiger partial charge in [0.2, 0.25) is 5.95 Å². The first-order valence-corrected chi connectivity index (χ1v) is 11.1. The highest BCUT2D eigenvalue weighted by molar-refractivity contribution is 7.13. The van der Waals surface area contributed by atoms with Crippen molar-refractivity contribution < 1.29 is 18.1 Å². The van der Waals surface area contributed by atoms with E-state index in [1.165, 1.54) is 17.8 Å². The molecule has 8 nitrogen and oxygen atoms in total. The summed E-state index contributed by atoms with van der Waals surface area (Å²) < 4.78 is 41.0. The molecule has 0 saturated heterocycles. The number of hydrogen-bond acceptors (Lipinski definition) is 7. The fourth-order valence-corrected chi connectivity index (χ4v) is 4.20. The monoisotopic (exact) mass is 475 g/mol. The lowest BCUT2D eigenvalue weighted by Gasteiger charge is -2.18. The second-order valence-corrected chi connectivity index (χ2v) is 8.33. The number of nitrogens with one attached hydrogen (secondary N) is 1. The third kappa shape index (κ3) is 5.45. The summed E-state index contributed by atoms with van der Waals surface area (Å²) in [7, 11) is 0. The molecule has 12 heteroatoms. The Morgan fingerprint density at radius 3 is 2.76 bits per heavy atom. The van der Waals surface area contributed by atoms with Gasteiger partial charge in [0.25, 0.3) is 5.91 Å². The zero-order valence-electron chi connectivity index (χ0n) is 17.3.